The fourth-order valence-electron chi connectivity index (χ4n) is 4.19. The van der Waals surface area contributed by atoms with Crippen molar-refractivity contribution in [3.8, 4) is 17.2 Å². The summed E-state index contributed by atoms with van der Waals surface area (Å²) in [5.41, 5.74) is 1.71. The number of carbonyl (C=O) groups excluding carboxylic acids is 2. The first-order valence-electron chi connectivity index (χ1n) is 11.2. The van der Waals surface area contributed by atoms with Crippen molar-refractivity contribution in [3.05, 3.63) is 82.8 Å². The molecular formula is C27H26N2O7S. The summed E-state index contributed by atoms with van der Waals surface area (Å²) in [6.45, 7) is 1.39. The van der Waals surface area contributed by atoms with Gasteiger partial charge in [-0.3, -0.25) is 14.5 Å². The highest BCUT2D eigenvalue weighted by molar-refractivity contribution is 7.97. The maximum atomic E-state index is 13.9. The molecule has 10 heteroatoms. The van der Waals surface area contributed by atoms with E-state index in [4.69, 9.17) is 14.2 Å². The number of amides is 2. The molecule has 3 aromatic carbocycles. The SMILES string of the molecule is COc1cc(/C=C2/C(=O)N(c3ccc(NC(C)=O)cc3)C(c3ccccc3)S2(=O)=O)cc(OC)c1OC. The molecule has 2 amide bonds. The number of hydrogen-bond acceptors (Lipinski definition) is 7. The van der Waals surface area contributed by atoms with E-state index in [0.717, 1.165) is 0 Å². The molecule has 1 aliphatic heterocycles. The van der Waals surface area contributed by atoms with Gasteiger partial charge in [-0.05, 0) is 53.6 Å². The lowest BCUT2D eigenvalue weighted by molar-refractivity contribution is -0.115. The Morgan fingerprint density at radius 1 is 0.919 bits per heavy atom. The van der Waals surface area contributed by atoms with Crippen LogP contribution < -0.4 is 24.4 Å². The van der Waals surface area contributed by atoms with Gasteiger partial charge in [0.05, 0.1) is 21.3 Å². The molecule has 0 aromatic heterocycles. The summed E-state index contributed by atoms with van der Waals surface area (Å²) in [6.07, 6.45) is 1.31. The van der Waals surface area contributed by atoms with E-state index in [1.165, 1.54) is 39.2 Å². The highest BCUT2D eigenvalue weighted by Crippen LogP contribution is 2.45. The molecule has 0 spiro atoms. The number of benzene rings is 3. The second-order valence-electron chi connectivity index (χ2n) is 8.18. The van der Waals surface area contributed by atoms with Crippen molar-refractivity contribution in [2.24, 2.45) is 0 Å². The molecule has 1 fully saturated rings. The molecule has 1 atom stereocenters. The summed E-state index contributed by atoms with van der Waals surface area (Å²) in [4.78, 5) is 26.0. The predicted octanol–water partition coefficient (Wildman–Crippen LogP) is 4.17. The van der Waals surface area contributed by atoms with Crippen LogP contribution in [0.25, 0.3) is 6.08 Å². The summed E-state index contributed by atoms with van der Waals surface area (Å²) in [6, 6.07) is 18.1. The first-order chi connectivity index (χ1) is 17.7. The van der Waals surface area contributed by atoms with E-state index in [1.807, 2.05) is 0 Å². The number of rotatable bonds is 7. The van der Waals surface area contributed by atoms with Gasteiger partial charge in [0.2, 0.25) is 21.5 Å². The van der Waals surface area contributed by atoms with Gasteiger partial charge in [-0.25, -0.2) is 8.42 Å². The molecule has 1 unspecified atom stereocenters. The van der Waals surface area contributed by atoms with Crippen LogP contribution in [-0.2, 0) is 19.4 Å². The minimum Gasteiger partial charge on any atom is -0.493 e. The number of nitrogens with zero attached hydrogens (tertiary/aromatic N) is 1. The van der Waals surface area contributed by atoms with Crippen LogP contribution >= 0.6 is 0 Å². The van der Waals surface area contributed by atoms with Crippen molar-refractivity contribution in [2.45, 2.75) is 12.3 Å². The van der Waals surface area contributed by atoms with Gasteiger partial charge in [0.25, 0.3) is 5.91 Å². The molecule has 37 heavy (non-hydrogen) atoms. The smallest absolute Gasteiger partial charge is 0.271 e. The van der Waals surface area contributed by atoms with Crippen molar-refractivity contribution in [3.63, 3.8) is 0 Å². The van der Waals surface area contributed by atoms with E-state index in [-0.39, 0.29) is 10.8 Å². The Hall–Kier alpha value is -4.31. The highest BCUT2D eigenvalue weighted by Gasteiger charge is 2.50. The summed E-state index contributed by atoms with van der Waals surface area (Å²) >= 11 is 0. The lowest BCUT2D eigenvalue weighted by Gasteiger charge is -2.23. The van der Waals surface area contributed by atoms with Crippen LogP contribution in [0.15, 0.2) is 71.6 Å². The fraction of sp³-hybridized carbons (Fsp3) is 0.185. The zero-order chi connectivity index (χ0) is 26.7. The van der Waals surface area contributed by atoms with Crippen LogP contribution in [0.4, 0.5) is 11.4 Å². The maximum absolute atomic E-state index is 13.9. The molecule has 3 aromatic rings. The molecule has 0 saturated carbocycles. The molecule has 4 rings (SSSR count). The maximum Gasteiger partial charge on any atom is 0.271 e. The van der Waals surface area contributed by atoms with Crippen molar-refractivity contribution < 1.29 is 32.2 Å². The Morgan fingerprint density at radius 2 is 1.51 bits per heavy atom. The van der Waals surface area contributed by atoms with Crippen LogP contribution in [0.1, 0.15) is 23.4 Å². The van der Waals surface area contributed by atoms with E-state index in [2.05, 4.69) is 5.32 Å². The van der Waals surface area contributed by atoms with Gasteiger partial charge in [-0.2, -0.15) is 0 Å². The number of ether oxygens (including phenoxy) is 3. The fourth-order valence-corrected chi connectivity index (χ4v) is 6.09. The number of anilines is 2. The monoisotopic (exact) mass is 522 g/mol. The minimum absolute atomic E-state index is 0.245. The summed E-state index contributed by atoms with van der Waals surface area (Å²) in [7, 11) is 0.202. The van der Waals surface area contributed by atoms with Gasteiger partial charge in [-0.1, -0.05) is 30.3 Å². The molecule has 1 N–H and O–H groups in total. The normalized spacial score (nSPS) is 17.5. The Morgan fingerprint density at radius 3 is 2.03 bits per heavy atom. The number of nitrogens with one attached hydrogen (secondary N) is 1. The zero-order valence-electron chi connectivity index (χ0n) is 20.7. The molecule has 192 valence electrons. The van der Waals surface area contributed by atoms with Gasteiger partial charge < -0.3 is 19.5 Å². The lowest BCUT2D eigenvalue weighted by Crippen LogP contribution is -2.28. The van der Waals surface area contributed by atoms with Gasteiger partial charge in [0.15, 0.2) is 16.9 Å². The largest absolute Gasteiger partial charge is 0.493 e. The van der Waals surface area contributed by atoms with Crippen molar-refractivity contribution in [1.29, 1.82) is 0 Å². The summed E-state index contributed by atoms with van der Waals surface area (Å²) in [5.74, 6) is 0.0548. The minimum atomic E-state index is -4.15. The number of hydrogen-bond donors (Lipinski definition) is 1. The standard InChI is InChI=1S/C27H26N2O7S/c1-17(30)28-20-10-12-21(13-11-20)29-26(31)24(37(32,33)27(29)19-8-6-5-7-9-19)16-18-14-22(34-2)25(36-4)23(15-18)35-3/h5-16,27H,1-4H3,(H,28,30)/b24-16-. The second-order valence-corrected chi connectivity index (χ2v) is 10.2. The second kappa shape index (κ2) is 10.4. The zero-order valence-corrected chi connectivity index (χ0v) is 21.5. The van der Waals surface area contributed by atoms with Gasteiger partial charge >= 0.3 is 0 Å². The molecule has 9 nitrogen and oxygen atoms in total. The molecule has 1 saturated heterocycles. The third kappa shape index (κ3) is 4.88. The Kier molecular flexibility index (Phi) is 7.21. The van der Waals surface area contributed by atoms with E-state index in [9.17, 15) is 18.0 Å². The number of sulfone groups is 1. The molecule has 1 heterocycles. The third-order valence-corrected chi connectivity index (χ3v) is 7.78. The van der Waals surface area contributed by atoms with Crippen LogP contribution in [0.2, 0.25) is 0 Å². The first kappa shape index (κ1) is 25.8. The van der Waals surface area contributed by atoms with E-state index in [0.29, 0.717) is 39.8 Å². The van der Waals surface area contributed by atoms with Gasteiger partial charge in [0, 0.05) is 18.3 Å². The number of carbonyl (C=O) groups is 2. The Labute approximate surface area is 215 Å². The highest BCUT2D eigenvalue weighted by atomic mass is 32.2. The summed E-state index contributed by atoms with van der Waals surface area (Å²) in [5, 5.41) is 1.38. The van der Waals surface area contributed by atoms with E-state index < -0.39 is 21.1 Å². The Bertz CT molecular complexity index is 1440. The van der Waals surface area contributed by atoms with Gasteiger partial charge in [-0.15, -0.1) is 0 Å². The summed E-state index contributed by atoms with van der Waals surface area (Å²) < 4.78 is 43.8. The quantitative estimate of drug-likeness (QED) is 0.464. The number of methoxy groups -OCH3 is 3. The molecular weight excluding hydrogens is 496 g/mol. The first-order valence-corrected chi connectivity index (χ1v) is 12.8. The predicted molar refractivity (Wildman–Crippen MR) is 140 cm³/mol. The van der Waals surface area contributed by atoms with Crippen molar-refractivity contribution >= 4 is 39.1 Å². The van der Waals surface area contributed by atoms with Gasteiger partial charge in [0.1, 0.15) is 4.91 Å². The van der Waals surface area contributed by atoms with Crippen LogP contribution in [0.5, 0.6) is 17.2 Å². The van der Waals surface area contributed by atoms with E-state index >= 15 is 0 Å². The van der Waals surface area contributed by atoms with Crippen LogP contribution in [0.3, 0.4) is 0 Å². The third-order valence-electron chi connectivity index (χ3n) is 5.80. The topological polar surface area (TPSA) is 111 Å². The molecule has 0 aliphatic carbocycles. The molecule has 0 bridgehead atoms. The molecule has 0 radical (unpaired) electrons. The van der Waals surface area contributed by atoms with Crippen molar-refractivity contribution in [2.75, 3.05) is 31.5 Å². The average Bonchev–Trinajstić information content (AvgIpc) is 3.08. The van der Waals surface area contributed by atoms with Crippen molar-refractivity contribution in [1.82, 2.24) is 0 Å². The van der Waals surface area contributed by atoms with Crippen LogP contribution in [-0.4, -0.2) is 41.6 Å². The average molecular weight is 523 g/mol. The lowest BCUT2D eigenvalue weighted by atomic mass is 10.1. The molecule has 1 aliphatic rings. The van der Waals surface area contributed by atoms with Crippen LogP contribution in [0, 0.1) is 0 Å². The Balaban J connectivity index is 1.87. The van der Waals surface area contributed by atoms with E-state index in [1.54, 1.807) is 66.7 Å².